The summed E-state index contributed by atoms with van der Waals surface area (Å²) < 4.78 is 0.823. The minimum absolute atomic E-state index is 0.0596. The predicted octanol–water partition coefficient (Wildman–Crippen LogP) is 1.96. The van der Waals surface area contributed by atoms with Crippen LogP contribution in [0.25, 0.3) is 0 Å². The third-order valence-corrected chi connectivity index (χ3v) is 3.20. The summed E-state index contributed by atoms with van der Waals surface area (Å²) in [5.41, 5.74) is 0.800. The normalized spacial score (nSPS) is 10.2. The standard InChI is InChI=1S/C7H8NO2S2/c1-4-5(3-6(9)10)12-7(8-4)11-2/h2-3H2,1H3,(H,9,10). The zero-order chi connectivity index (χ0) is 9.14. The lowest BCUT2D eigenvalue weighted by Crippen LogP contribution is -1.99. The summed E-state index contributed by atoms with van der Waals surface area (Å²) in [7, 11) is 0. The summed E-state index contributed by atoms with van der Waals surface area (Å²) >= 11 is 2.69. The Labute approximate surface area is 78.8 Å². The fourth-order valence-corrected chi connectivity index (χ4v) is 2.29. The average molecular weight is 202 g/mol. The van der Waals surface area contributed by atoms with Gasteiger partial charge in [-0.3, -0.25) is 4.79 Å². The Bertz CT molecular complexity index is 296. The largest absolute Gasteiger partial charge is 0.481 e. The molecule has 0 aliphatic carbocycles. The molecule has 1 aromatic rings. The van der Waals surface area contributed by atoms with E-state index in [9.17, 15) is 4.79 Å². The van der Waals surface area contributed by atoms with Gasteiger partial charge in [0.05, 0.1) is 12.1 Å². The van der Waals surface area contributed by atoms with Crippen molar-refractivity contribution in [3.63, 3.8) is 0 Å². The summed E-state index contributed by atoms with van der Waals surface area (Å²) in [5.74, 6) is -0.817. The number of thiazole rings is 1. The van der Waals surface area contributed by atoms with Gasteiger partial charge in [-0.25, -0.2) is 4.98 Å². The molecule has 3 nitrogen and oxygen atoms in total. The number of carbonyl (C=O) groups is 1. The molecule has 0 spiro atoms. The number of hydrogen-bond acceptors (Lipinski definition) is 4. The SMILES string of the molecule is [CH2]Sc1nc(C)c(CC(=O)O)s1. The minimum atomic E-state index is -0.817. The van der Waals surface area contributed by atoms with E-state index in [4.69, 9.17) is 5.11 Å². The first kappa shape index (κ1) is 9.54. The second-order valence-corrected chi connectivity index (χ2v) is 4.22. The molecule has 0 saturated carbocycles. The summed E-state index contributed by atoms with van der Waals surface area (Å²) in [6.07, 6.45) is 3.67. The Morgan fingerprint density at radius 2 is 2.50 bits per heavy atom. The fraction of sp³-hybridized carbons (Fsp3) is 0.286. The van der Waals surface area contributed by atoms with Crippen LogP contribution >= 0.6 is 23.1 Å². The lowest BCUT2D eigenvalue weighted by molar-refractivity contribution is -0.136. The van der Waals surface area contributed by atoms with Crippen LogP contribution in [0.3, 0.4) is 0 Å². The van der Waals surface area contributed by atoms with Gasteiger partial charge in [0.1, 0.15) is 4.34 Å². The van der Waals surface area contributed by atoms with Gasteiger partial charge in [-0.05, 0) is 6.92 Å². The molecule has 1 heterocycles. The molecule has 0 amide bonds. The topological polar surface area (TPSA) is 50.2 Å². The minimum Gasteiger partial charge on any atom is -0.481 e. The Hall–Kier alpha value is -0.550. The van der Waals surface area contributed by atoms with Crippen molar-refractivity contribution in [2.45, 2.75) is 17.7 Å². The maximum absolute atomic E-state index is 10.4. The van der Waals surface area contributed by atoms with Crippen LogP contribution in [0.1, 0.15) is 10.6 Å². The molecule has 1 N–H and O–H groups in total. The number of aliphatic carboxylic acids is 1. The molecule has 0 aromatic carbocycles. The second kappa shape index (κ2) is 3.91. The molecule has 1 radical (unpaired) electrons. The van der Waals surface area contributed by atoms with Gasteiger partial charge in [0.15, 0.2) is 0 Å². The van der Waals surface area contributed by atoms with Crippen LogP contribution in [0.5, 0.6) is 0 Å². The smallest absolute Gasteiger partial charge is 0.308 e. The van der Waals surface area contributed by atoms with Crippen molar-refractivity contribution in [3.8, 4) is 0 Å². The molecule has 0 fully saturated rings. The van der Waals surface area contributed by atoms with Crippen LogP contribution in [0.2, 0.25) is 0 Å². The van der Waals surface area contributed by atoms with E-state index in [1.54, 1.807) is 0 Å². The van der Waals surface area contributed by atoms with Crippen molar-refractivity contribution in [1.82, 2.24) is 4.98 Å². The van der Waals surface area contributed by atoms with Crippen molar-refractivity contribution < 1.29 is 9.90 Å². The van der Waals surface area contributed by atoms with Crippen molar-refractivity contribution in [2.24, 2.45) is 0 Å². The highest BCUT2D eigenvalue weighted by atomic mass is 32.2. The Morgan fingerprint density at radius 1 is 1.83 bits per heavy atom. The number of carboxylic acids is 1. The molecule has 1 aromatic heterocycles. The highest BCUT2D eigenvalue weighted by molar-refractivity contribution is 8.02. The zero-order valence-corrected chi connectivity index (χ0v) is 8.17. The first-order valence-corrected chi connectivity index (χ1v) is 5.04. The van der Waals surface area contributed by atoms with Gasteiger partial charge in [-0.2, -0.15) is 0 Å². The molecule has 0 atom stereocenters. The van der Waals surface area contributed by atoms with Gasteiger partial charge in [0.2, 0.25) is 0 Å². The van der Waals surface area contributed by atoms with Gasteiger partial charge < -0.3 is 5.11 Å². The maximum atomic E-state index is 10.4. The Kier molecular flexibility index (Phi) is 3.11. The first-order chi connectivity index (χ1) is 5.63. The third-order valence-electron chi connectivity index (χ3n) is 1.31. The van der Waals surface area contributed by atoms with Gasteiger partial charge in [-0.15, -0.1) is 11.3 Å². The van der Waals surface area contributed by atoms with Gasteiger partial charge >= 0.3 is 5.97 Å². The molecule has 0 aliphatic heterocycles. The average Bonchev–Trinajstić information content (AvgIpc) is 2.31. The lowest BCUT2D eigenvalue weighted by atomic mass is 10.3. The van der Waals surface area contributed by atoms with E-state index in [-0.39, 0.29) is 6.42 Å². The van der Waals surface area contributed by atoms with E-state index in [0.717, 1.165) is 14.9 Å². The molecule has 65 valence electrons. The van der Waals surface area contributed by atoms with E-state index >= 15 is 0 Å². The van der Waals surface area contributed by atoms with Crippen molar-refractivity contribution in [1.29, 1.82) is 0 Å². The van der Waals surface area contributed by atoms with Crippen LogP contribution < -0.4 is 0 Å². The summed E-state index contributed by atoms with van der Waals surface area (Å²) in [4.78, 5) is 15.3. The summed E-state index contributed by atoms with van der Waals surface area (Å²) in [6.45, 7) is 1.81. The first-order valence-electron chi connectivity index (χ1n) is 3.23. The summed E-state index contributed by atoms with van der Waals surface area (Å²) in [6, 6.07) is 0. The molecule has 0 bridgehead atoms. The Morgan fingerprint density at radius 3 is 2.92 bits per heavy atom. The van der Waals surface area contributed by atoms with Crippen LogP contribution in [-0.2, 0) is 11.2 Å². The number of nitrogens with zero attached hydrogens (tertiary/aromatic N) is 1. The fourth-order valence-electron chi connectivity index (χ4n) is 0.764. The summed E-state index contributed by atoms with van der Waals surface area (Å²) in [5, 5.41) is 8.53. The van der Waals surface area contributed by atoms with E-state index in [2.05, 4.69) is 11.2 Å². The van der Waals surface area contributed by atoms with Crippen LogP contribution in [0.4, 0.5) is 0 Å². The molecule has 0 aliphatic rings. The lowest BCUT2D eigenvalue weighted by Gasteiger charge is -1.89. The van der Waals surface area contributed by atoms with Crippen molar-refractivity contribution >= 4 is 29.1 Å². The third kappa shape index (κ3) is 2.22. The highest BCUT2D eigenvalue weighted by Gasteiger charge is 2.09. The second-order valence-electron chi connectivity index (χ2n) is 2.20. The van der Waals surface area contributed by atoms with E-state index < -0.39 is 5.97 Å². The number of carboxylic acid groups (broad SMARTS) is 1. The maximum Gasteiger partial charge on any atom is 0.308 e. The number of hydrogen-bond donors (Lipinski definition) is 1. The monoisotopic (exact) mass is 202 g/mol. The predicted molar refractivity (Wildman–Crippen MR) is 49.4 cm³/mol. The molecular weight excluding hydrogens is 194 g/mol. The van der Waals surface area contributed by atoms with E-state index in [1.807, 2.05) is 6.92 Å². The van der Waals surface area contributed by atoms with Crippen LogP contribution in [0, 0.1) is 13.2 Å². The Balaban J connectivity index is 2.84. The van der Waals surface area contributed by atoms with E-state index in [0.29, 0.717) is 0 Å². The number of aromatic nitrogens is 1. The molecule has 12 heavy (non-hydrogen) atoms. The molecule has 5 heteroatoms. The zero-order valence-electron chi connectivity index (χ0n) is 6.53. The van der Waals surface area contributed by atoms with Crippen LogP contribution in [-0.4, -0.2) is 16.1 Å². The molecule has 1 rings (SSSR count). The number of thioether (sulfide) groups is 1. The van der Waals surface area contributed by atoms with Gasteiger partial charge in [-0.1, -0.05) is 11.8 Å². The number of aryl methyl sites for hydroxylation is 1. The van der Waals surface area contributed by atoms with Crippen molar-refractivity contribution in [2.75, 3.05) is 0 Å². The number of rotatable bonds is 3. The molecule has 0 unspecified atom stereocenters. The van der Waals surface area contributed by atoms with Gasteiger partial charge in [0, 0.05) is 11.1 Å². The quantitative estimate of drug-likeness (QED) is 0.761. The van der Waals surface area contributed by atoms with Crippen molar-refractivity contribution in [3.05, 3.63) is 16.8 Å². The van der Waals surface area contributed by atoms with E-state index in [1.165, 1.54) is 23.1 Å². The molecular formula is C7H8NO2S2. The molecule has 0 saturated heterocycles. The van der Waals surface area contributed by atoms with Crippen LogP contribution in [0.15, 0.2) is 4.34 Å². The van der Waals surface area contributed by atoms with Gasteiger partial charge in [0.25, 0.3) is 0 Å². The highest BCUT2D eigenvalue weighted by Crippen LogP contribution is 2.26.